The summed E-state index contributed by atoms with van der Waals surface area (Å²) in [5, 5.41) is 12.8. The molecule has 2 aliphatic carbocycles. The van der Waals surface area contributed by atoms with E-state index in [1.165, 1.54) is 19.3 Å². The predicted octanol–water partition coefficient (Wildman–Crippen LogP) is 3.94. The number of hydrogen-bond donors (Lipinski definition) is 1. The van der Waals surface area contributed by atoms with Crippen LogP contribution in [0.25, 0.3) is 0 Å². The van der Waals surface area contributed by atoms with Crippen LogP contribution in [0.15, 0.2) is 0 Å². The molecule has 0 aromatic rings. The molecule has 2 rings (SSSR count). The average molecular weight is 276 g/mol. The van der Waals surface area contributed by atoms with Crippen molar-refractivity contribution in [2.24, 2.45) is 11.3 Å². The molecule has 0 bridgehead atoms. The first kappa shape index (κ1) is 15.4. The first-order valence-corrected chi connectivity index (χ1v) is 8.42. The van der Waals surface area contributed by atoms with Crippen LogP contribution in [0.4, 0.5) is 0 Å². The molecule has 2 unspecified atom stereocenters. The lowest BCUT2D eigenvalue weighted by molar-refractivity contribution is -0.129. The molecular formula is C17H28N2O. The number of nitriles is 1. The van der Waals surface area contributed by atoms with Crippen molar-refractivity contribution in [3.63, 3.8) is 0 Å². The summed E-state index contributed by atoms with van der Waals surface area (Å²) in [6.45, 7) is 2.23. The fourth-order valence-electron chi connectivity index (χ4n) is 3.84. The van der Waals surface area contributed by atoms with Gasteiger partial charge in [0.05, 0.1) is 6.07 Å². The molecule has 1 amide bonds. The molecule has 112 valence electrons. The molecule has 1 N–H and O–H groups in total. The molecule has 3 nitrogen and oxygen atoms in total. The summed E-state index contributed by atoms with van der Waals surface area (Å²) in [6, 6.07) is 2.66. The van der Waals surface area contributed by atoms with Crippen molar-refractivity contribution in [3.05, 3.63) is 0 Å². The van der Waals surface area contributed by atoms with Crippen LogP contribution in [-0.4, -0.2) is 11.9 Å². The summed E-state index contributed by atoms with van der Waals surface area (Å²) in [5.41, 5.74) is -0.740. The van der Waals surface area contributed by atoms with Crippen molar-refractivity contribution in [1.82, 2.24) is 5.32 Å². The highest BCUT2D eigenvalue weighted by Gasteiger charge is 2.40. The highest BCUT2D eigenvalue weighted by molar-refractivity contribution is 5.85. The second-order valence-corrected chi connectivity index (χ2v) is 6.72. The van der Waals surface area contributed by atoms with Gasteiger partial charge in [-0.3, -0.25) is 4.79 Å². The van der Waals surface area contributed by atoms with E-state index < -0.39 is 5.41 Å². The van der Waals surface area contributed by atoms with Gasteiger partial charge in [-0.2, -0.15) is 5.26 Å². The zero-order chi connectivity index (χ0) is 14.4. The number of rotatable bonds is 3. The zero-order valence-corrected chi connectivity index (χ0v) is 12.8. The minimum Gasteiger partial charge on any atom is -0.352 e. The normalized spacial score (nSPS) is 30.0. The van der Waals surface area contributed by atoms with E-state index in [0.717, 1.165) is 57.3 Å². The number of carbonyl (C=O) groups is 1. The highest BCUT2D eigenvalue weighted by Crippen LogP contribution is 2.35. The van der Waals surface area contributed by atoms with Gasteiger partial charge < -0.3 is 5.32 Å². The number of nitrogens with zero attached hydrogens (tertiary/aromatic N) is 1. The summed E-state index contributed by atoms with van der Waals surface area (Å²) in [5.74, 6) is 0.768. The second-order valence-electron chi connectivity index (χ2n) is 6.72. The van der Waals surface area contributed by atoms with Gasteiger partial charge in [0.2, 0.25) is 5.91 Å². The van der Waals surface area contributed by atoms with Gasteiger partial charge in [-0.05, 0) is 31.6 Å². The lowest BCUT2D eigenvalue weighted by Gasteiger charge is -2.32. The lowest BCUT2D eigenvalue weighted by atomic mass is 9.79. The van der Waals surface area contributed by atoms with Crippen LogP contribution in [0.1, 0.15) is 77.6 Å². The Bertz CT molecular complexity index is 364. The quantitative estimate of drug-likeness (QED) is 0.794. The van der Waals surface area contributed by atoms with Gasteiger partial charge in [-0.1, -0.05) is 51.9 Å². The lowest BCUT2D eigenvalue weighted by Crippen LogP contribution is -2.46. The Balaban J connectivity index is 1.96. The van der Waals surface area contributed by atoms with E-state index >= 15 is 0 Å². The molecule has 0 radical (unpaired) electrons. The first-order valence-electron chi connectivity index (χ1n) is 8.42. The van der Waals surface area contributed by atoms with Crippen molar-refractivity contribution < 1.29 is 4.79 Å². The Hall–Kier alpha value is -1.04. The van der Waals surface area contributed by atoms with Crippen molar-refractivity contribution in [2.75, 3.05) is 0 Å². The fraction of sp³-hybridized carbons (Fsp3) is 0.882. The summed E-state index contributed by atoms with van der Waals surface area (Å²) >= 11 is 0. The molecule has 0 aromatic heterocycles. The van der Waals surface area contributed by atoms with Gasteiger partial charge in [0.25, 0.3) is 0 Å². The standard InChI is InChI=1S/C17H28N2O/c1-2-14-8-7-9-15(12-14)19-16(20)17(13-18)10-5-3-4-6-11-17/h14-15H,2-12H2,1H3,(H,19,20). The van der Waals surface area contributed by atoms with E-state index in [0.29, 0.717) is 6.04 Å². The Morgan fingerprint density at radius 1 is 1.20 bits per heavy atom. The summed E-state index contributed by atoms with van der Waals surface area (Å²) in [6.07, 6.45) is 11.8. The Labute approximate surface area is 123 Å². The molecule has 0 aliphatic heterocycles. The smallest absolute Gasteiger partial charge is 0.240 e. The van der Waals surface area contributed by atoms with Crippen LogP contribution in [0, 0.1) is 22.7 Å². The highest BCUT2D eigenvalue weighted by atomic mass is 16.2. The topological polar surface area (TPSA) is 52.9 Å². The van der Waals surface area contributed by atoms with Crippen molar-refractivity contribution in [3.8, 4) is 6.07 Å². The monoisotopic (exact) mass is 276 g/mol. The number of amides is 1. The maximum absolute atomic E-state index is 12.6. The van der Waals surface area contributed by atoms with Gasteiger partial charge in [-0.15, -0.1) is 0 Å². The SMILES string of the molecule is CCC1CCCC(NC(=O)C2(C#N)CCCCCC2)C1. The molecule has 0 aromatic carbocycles. The number of nitrogens with one attached hydrogen (secondary N) is 1. The number of carbonyl (C=O) groups excluding carboxylic acids is 1. The molecule has 2 fully saturated rings. The van der Waals surface area contributed by atoms with Crippen LogP contribution in [0.5, 0.6) is 0 Å². The summed E-state index contributed by atoms with van der Waals surface area (Å²) in [4.78, 5) is 12.6. The predicted molar refractivity (Wildman–Crippen MR) is 79.9 cm³/mol. The van der Waals surface area contributed by atoms with Crippen molar-refractivity contribution >= 4 is 5.91 Å². The van der Waals surface area contributed by atoms with Crippen LogP contribution >= 0.6 is 0 Å². The second kappa shape index (κ2) is 7.11. The minimum atomic E-state index is -0.740. The number of hydrogen-bond acceptors (Lipinski definition) is 2. The van der Waals surface area contributed by atoms with E-state index in [9.17, 15) is 10.1 Å². The van der Waals surface area contributed by atoms with E-state index in [-0.39, 0.29) is 5.91 Å². The molecule has 3 heteroatoms. The third-order valence-electron chi connectivity index (χ3n) is 5.30. The minimum absolute atomic E-state index is 0.0173. The molecule has 0 spiro atoms. The van der Waals surface area contributed by atoms with Gasteiger partial charge in [-0.25, -0.2) is 0 Å². The Morgan fingerprint density at radius 3 is 2.50 bits per heavy atom. The van der Waals surface area contributed by atoms with Crippen molar-refractivity contribution in [1.29, 1.82) is 5.26 Å². The van der Waals surface area contributed by atoms with Gasteiger partial charge in [0.15, 0.2) is 0 Å². The van der Waals surface area contributed by atoms with Gasteiger partial charge in [0.1, 0.15) is 5.41 Å². The first-order chi connectivity index (χ1) is 9.70. The van der Waals surface area contributed by atoms with Crippen LogP contribution < -0.4 is 5.32 Å². The molecule has 2 aliphatic rings. The van der Waals surface area contributed by atoms with E-state index in [1.54, 1.807) is 0 Å². The maximum atomic E-state index is 12.6. The van der Waals surface area contributed by atoms with E-state index in [4.69, 9.17) is 0 Å². The fourth-order valence-corrected chi connectivity index (χ4v) is 3.84. The third kappa shape index (κ3) is 3.53. The van der Waals surface area contributed by atoms with Gasteiger partial charge >= 0.3 is 0 Å². The zero-order valence-electron chi connectivity index (χ0n) is 12.8. The third-order valence-corrected chi connectivity index (χ3v) is 5.30. The van der Waals surface area contributed by atoms with Crippen LogP contribution in [0.2, 0.25) is 0 Å². The molecule has 2 saturated carbocycles. The molecule has 20 heavy (non-hydrogen) atoms. The Morgan fingerprint density at radius 2 is 1.90 bits per heavy atom. The summed E-state index contributed by atoms with van der Waals surface area (Å²) in [7, 11) is 0. The van der Waals surface area contributed by atoms with E-state index in [1.807, 2.05) is 0 Å². The molecular weight excluding hydrogens is 248 g/mol. The maximum Gasteiger partial charge on any atom is 0.240 e. The van der Waals surface area contributed by atoms with Crippen molar-refractivity contribution in [2.45, 2.75) is 83.6 Å². The van der Waals surface area contributed by atoms with Crippen LogP contribution in [0.3, 0.4) is 0 Å². The molecule has 2 atom stereocenters. The van der Waals surface area contributed by atoms with E-state index in [2.05, 4.69) is 18.3 Å². The summed E-state index contributed by atoms with van der Waals surface area (Å²) < 4.78 is 0. The van der Waals surface area contributed by atoms with Gasteiger partial charge in [0, 0.05) is 6.04 Å². The molecule has 0 saturated heterocycles. The average Bonchev–Trinajstić information content (AvgIpc) is 2.74. The Kier molecular flexibility index (Phi) is 5.46. The largest absolute Gasteiger partial charge is 0.352 e. The molecule has 0 heterocycles. The van der Waals surface area contributed by atoms with Crippen LogP contribution in [-0.2, 0) is 4.79 Å².